The first-order chi connectivity index (χ1) is 18.5. The Morgan fingerprint density at radius 1 is 1.10 bits per heavy atom. The van der Waals surface area contributed by atoms with Gasteiger partial charge in [-0.2, -0.15) is 5.26 Å². The number of alkyl halides is 1. The lowest BCUT2D eigenvalue weighted by Crippen LogP contribution is -2.39. The number of rotatable bonds is 9. The van der Waals surface area contributed by atoms with Gasteiger partial charge in [-0.3, -0.25) is 9.55 Å². The molecule has 0 aliphatic heterocycles. The van der Waals surface area contributed by atoms with Crippen molar-refractivity contribution in [3.63, 3.8) is 0 Å². The Balaban J connectivity index is 1.85. The molecule has 13 heteroatoms. The van der Waals surface area contributed by atoms with Crippen molar-refractivity contribution in [3.05, 3.63) is 71.8 Å². The number of aromatic nitrogens is 6. The van der Waals surface area contributed by atoms with Crippen LogP contribution in [0.3, 0.4) is 0 Å². The number of ether oxygens (including phenoxy) is 2. The second-order valence-corrected chi connectivity index (χ2v) is 11.3. The molecule has 4 rings (SSSR count). The first kappa shape index (κ1) is 27.6. The molecular formula is C26H26FN7O4S. The number of pyridine rings is 1. The number of hydrogen-bond donors (Lipinski definition) is 0. The molecule has 0 radical (unpaired) electrons. The maximum Gasteiger partial charge on any atom is 0.183 e. The first-order valence-electron chi connectivity index (χ1n) is 11.7. The van der Waals surface area contributed by atoms with E-state index in [1.54, 1.807) is 30.6 Å². The molecule has 0 saturated carbocycles. The molecule has 4 aromatic rings. The highest BCUT2D eigenvalue weighted by Crippen LogP contribution is 2.38. The van der Waals surface area contributed by atoms with Crippen molar-refractivity contribution in [2.24, 2.45) is 0 Å². The Kier molecular flexibility index (Phi) is 7.60. The van der Waals surface area contributed by atoms with E-state index in [-0.39, 0.29) is 17.2 Å². The van der Waals surface area contributed by atoms with Crippen LogP contribution < -0.4 is 9.47 Å². The van der Waals surface area contributed by atoms with Crippen molar-refractivity contribution >= 4 is 9.84 Å². The number of nitrogens with zero attached hydrogens (tertiary/aromatic N) is 7. The fourth-order valence-electron chi connectivity index (χ4n) is 4.02. The van der Waals surface area contributed by atoms with Gasteiger partial charge in [-0.1, -0.05) is 6.07 Å². The largest absolute Gasteiger partial charge is 0.494 e. The third-order valence-corrected chi connectivity index (χ3v) is 8.52. The maximum absolute atomic E-state index is 15.9. The number of aryl methyl sites for hydroxylation is 1. The van der Waals surface area contributed by atoms with E-state index >= 15 is 4.39 Å². The smallest absolute Gasteiger partial charge is 0.183 e. The van der Waals surface area contributed by atoms with E-state index in [2.05, 4.69) is 25.1 Å². The predicted molar refractivity (Wildman–Crippen MR) is 140 cm³/mol. The van der Waals surface area contributed by atoms with Crippen molar-refractivity contribution in [2.75, 3.05) is 14.2 Å². The van der Waals surface area contributed by atoms with Crippen LogP contribution >= 0.6 is 0 Å². The summed E-state index contributed by atoms with van der Waals surface area (Å²) in [5.41, 5.74) is -0.536. The maximum atomic E-state index is 15.9. The summed E-state index contributed by atoms with van der Waals surface area (Å²) in [5.74, 6) is 0.0465. The van der Waals surface area contributed by atoms with Gasteiger partial charge >= 0.3 is 0 Å². The Morgan fingerprint density at radius 2 is 1.74 bits per heavy atom. The van der Waals surface area contributed by atoms with Crippen LogP contribution in [0.5, 0.6) is 11.5 Å². The molecule has 39 heavy (non-hydrogen) atoms. The van der Waals surface area contributed by atoms with Crippen molar-refractivity contribution in [3.8, 4) is 34.6 Å². The molecule has 0 spiro atoms. The summed E-state index contributed by atoms with van der Waals surface area (Å²) in [4.78, 5) is 12.0. The van der Waals surface area contributed by atoms with Gasteiger partial charge < -0.3 is 9.47 Å². The third kappa shape index (κ3) is 5.28. The number of benzene rings is 1. The first-order valence-corrected chi connectivity index (χ1v) is 13.5. The Labute approximate surface area is 225 Å². The van der Waals surface area contributed by atoms with Gasteiger partial charge in [-0.05, 0) is 44.5 Å². The highest BCUT2D eigenvalue weighted by Gasteiger charge is 2.44. The van der Waals surface area contributed by atoms with Crippen LogP contribution in [0.15, 0.2) is 49.1 Å². The summed E-state index contributed by atoms with van der Waals surface area (Å²) in [6.45, 7) is 4.20. The summed E-state index contributed by atoms with van der Waals surface area (Å²) in [6, 6.07) is 8.79. The highest BCUT2D eigenvalue weighted by atomic mass is 32.2. The minimum absolute atomic E-state index is 0.0118. The lowest BCUT2D eigenvalue weighted by Gasteiger charge is -2.26. The summed E-state index contributed by atoms with van der Waals surface area (Å²) >= 11 is 0. The number of sulfone groups is 1. The van der Waals surface area contributed by atoms with Crippen LogP contribution in [0.4, 0.5) is 4.39 Å². The van der Waals surface area contributed by atoms with E-state index in [4.69, 9.17) is 14.7 Å². The van der Waals surface area contributed by atoms with Crippen LogP contribution in [0.2, 0.25) is 0 Å². The molecule has 1 aromatic carbocycles. The van der Waals surface area contributed by atoms with Crippen LogP contribution in [0.25, 0.3) is 17.1 Å². The molecule has 3 aromatic heterocycles. The lowest BCUT2D eigenvalue weighted by molar-refractivity contribution is 0.174. The van der Waals surface area contributed by atoms with Crippen molar-refractivity contribution in [1.29, 1.82) is 5.26 Å². The molecule has 0 saturated heterocycles. The summed E-state index contributed by atoms with van der Waals surface area (Å²) < 4.78 is 55.9. The van der Waals surface area contributed by atoms with Gasteiger partial charge in [0, 0.05) is 30.4 Å². The molecular weight excluding hydrogens is 525 g/mol. The minimum Gasteiger partial charge on any atom is -0.494 e. The molecule has 0 N–H and O–H groups in total. The van der Waals surface area contributed by atoms with Gasteiger partial charge in [0.25, 0.3) is 0 Å². The number of nitriles is 1. The van der Waals surface area contributed by atoms with E-state index in [0.29, 0.717) is 28.6 Å². The summed E-state index contributed by atoms with van der Waals surface area (Å²) in [6.07, 6.45) is 5.55. The van der Waals surface area contributed by atoms with E-state index in [1.807, 2.05) is 19.1 Å². The fraction of sp³-hybridized carbons (Fsp3) is 0.308. The topological polar surface area (TPSA) is 146 Å². The molecule has 0 unspecified atom stereocenters. The Morgan fingerprint density at radius 3 is 2.31 bits per heavy atom. The molecule has 0 amide bonds. The highest BCUT2D eigenvalue weighted by molar-refractivity contribution is 7.91. The Hall–Kier alpha value is -4.44. The summed E-state index contributed by atoms with van der Waals surface area (Å²) in [5, 5.41) is 15.9. The number of para-hydroxylation sites is 1. The van der Waals surface area contributed by atoms with Gasteiger partial charge in [0.15, 0.2) is 33.0 Å². The molecule has 11 nitrogen and oxygen atoms in total. The van der Waals surface area contributed by atoms with Gasteiger partial charge in [0.1, 0.15) is 34.3 Å². The summed E-state index contributed by atoms with van der Waals surface area (Å²) in [7, 11) is -1.28. The predicted octanol–water partition coefficient (Wildman–Crippen LogP) is 3.50. The van der Waals surface area contributed by atoms with Crippen LogP contribution in [0, 0.1) is 18.3 Å². The average molecular weight is 552 g/mol. The van der Waals surface area contributed by atoms with Crippen molar-refractivity contribution < 1.29 is 22.3 Å². The Bertz CT molecular complexity index is 1630. The SMILES string of the molecule is COc1cccc(OC)c1-n1c(CS(=O)(=O)[C@@H](C)[C@](C)(F)c2ncc(C#N)cn2)nnc1-c1cncc(C)c1. The second-order valence-electron chi connectivity index (χ2n) is 8.97. The zero-order valence-corrected chi connectivity index (χ0v) is 22.8. The van der Waals surface area contributed by atoms with Gasteiger partial charge in [-0.15, -0.1) is 10.2 Å². The number of methoxy groups -OCH3 is 2. The van der Waals surface area contributed by atoms with Crippen LogP contribution in [0.1, 0.15) is 36.6 Å². The quantitative estimate of drug-likeness (QED) is 0.303. The molecule has 0 aliphatic carbocycles. The minimum atomic E-state index is -4.22. The lowest BCUT2D eigenvalue weighted by atomic mass is 10.0. The molecule has 0 bridgehead atoms. The van der Waals surface area contributed by atoms with E-state index < -0.39 is 26.5 Å². The van der Waals surface area contributed by atoms with E-state index in [1.165, 1.54) is 25.7 Å². The van der Waals surface area contributed by atoms with Gasteiger partial charge in [-0.25, -0.2) is 22.8 Å². The number of halogens is 1. The van der Waals surface area contributed by atoms with Crippen LogP contribution in [-0.4, -0.2) is 57.6 Å². The average Bonchev–Trinajstić information content (AvgIpc) is 3.34. The zero-order chi connectivity index (χ0) is 28.4. The van der Waals surface area contributed by atoms with Gasteiger partial charge in [0.2, 0.25) is 0 Å². The van der Waals surface area contributed by atoms with Crippen molar-refractivity contribution in [2.45, 2.75) is 37.4 Å². The fourth-order valence-corrected chi connectivity index (χ4v) is 5.60. The zero-order valence-electron chi connectivity index (χ0n) is 22.0. The van der Waals surface area contributed by atoms with Gasteiger partial charge in [0.05, 0.1) is 19.8 Å². The third-order valence-electron chi connectivity index (χ3n) is 6.34. The monoisotopic (exact) mass is 551 g/mol. The number of hydrogen-bond acceptors (Lipinski definition) is 10. The molecule has 0 fully saturated rings. The normalized spacial score (nSPS) is 13.8. The molecule has 202 valence electrons. The van der Waals surface area contributed by atoms with Crippen molar-refractivity contribution in [1.82, 2.24) is 29.7 Å². The standard InChI is InChI=1S/C26H26FN7O4S/c1-16-9-19(14-29-11-16)24-33-32-22(34(24)23-20(37-4)7-6-8-21(23)38-5)15-39(35,36)17(2)26(3,27)25-30-12-18(10-28)13-31-25/h6-9,11-14,17H,15H2,1-5H3/t17-,26-/m0/s1. The van der Waals surface area contributed by atoms with E-state index in [0.717, 1.165) is 24.9 Å². The molecule has 0 aliphatic rings. The molecule has 2 atom stereocenters. The molecule has 3 heterocycles. The second kappa shape index (κ2) is 10.7. The van der Waals surface area contributed by atoms with E-state index in [9.17, 15) is 8.42 Å². The van der Waals surface area contributed by atoms with Crippen LogP contribution in [-0.2, 0) is 21.3 Å².